The number of ketones is 2. The molecule has 4 unspecified atom stereocenters. The fraction of sp³-hybridized carbons (Fsp3) is 0.696. The van der Waals surface area contributed by atoms with Gasteiger partial charge in [0.1, 0.15) is 0 Å². The van der Waals surface area contributed by atoms with E-state index in [-0.39, 0.29) is 30.5 Å². The van der Waals surface area contributed by atoms with Crippen LogP contribution < -0.4 is 0 Å². The second-order valence-electron chi connectivity index (χ2n) is 10.2. The van der Waals surface area contributed by atoms with Crippen LogP contribution in [0.4, 0.5) is 0 Å². The molecule has 0 aromatic heterocycles. The molecule has 0 aliphatic heterocycles. The Morgan fingerprint density at radius 1 is 1.23 bits per heavy atom. The van der Waals surface area contributed by atoms with Crippen LogP contribution >= 0.6 is 0 Å². The Hall–Kier alpha value is -1.77. The average molecular weight is 428 g/mol. The molecule has 3 N–H and O–H groups in total. The van der Waals surface area contributed by atoms with Gasteiger partial charge in [0.2, 0.25) is 5.78 Å². The molecule has 0 heterocycles. The lowest BCUT2D eigenvalue weighted by atomic mass is 9.33. The van der Waals surface area contributed by atoms with E-state index < -0.39 is 52.3 Å². The van der Waals surface area contributed by atoms with E-state index in [9.17, 15) is 29.7 Å². The predicted octanol–water partition coefficient (Wildman–Crippen LogP) is 0.810. The van der Waals surface area contributed by atoms with Crippen LogP contribution in [0.15, 0.2) is 23.8 Å². The lowest BCUT2D eigenvalue weighted by Gasteiger charge is -2.66. The highest BCUT2D eigenvalue weighted by molar-refractivity contribution is 6.18. The number of fused-ring (bicyclic) bond motifs is 5. The van der Waals surface area contributed by atoms with Gasteiger partial charge in [0.15, 0.2) is 18.0 Å². The molecule has 0 saturated heterocycles. The fourth-order valence-corrected chi connectivity index (χ4v) is 7.14. The van der Waals surface area contributed by atoms with Gasteiger partial charge in [-0.2, -0.15) is 0 Å². The van der Waals surface area contributed by atoms with Crippen LogP contribution in [0.1, 0.15) is 46.5 Å². The number of hydrogen-bond donors (Lipinski definition) is 3. The van der Waals surface area contributed by atoms with Crippen molar-refractivity contribution in [2.45, 2.75) is 69.6 Å². The number of allylic oxidation sites excluding steroid dienone is 4. The number of ether oxygens (including phenoxy) is 1. The van der Waals surface area contributed by atoms with Crippen LogP contribution in [0, 0.1) is 22.7 Å². The highest BCUT2D eigenvalue weighted by Crippen LogP contribution is 2.74. The molecule has 0 aromatic rings. The summed E-state index contributed by atoms with van der Waals surface area (Å²) in [4.78, 5) is 36.1. The maximum Gasteiger partial charge on any atom is 0.303 e. The normalized spacial score (nSPS) is 48.3. The summed E-state index contributed by atoms with van der Waals surface area (Å²) in [6.45, 7) is 4.14. The molecule has 0 amide bonds. The van der Waals surface area contributed by atoms with E-state index >= 15 is 0 Å². The summed E-state index contributed by atoms with van der Waals surface area (Å²) in [6, 6.07) is 0. The first-order chi connectivity index (χ1) is 14.3. The lowest BCUT2D eigenvalue weighted by molar-refractivity contribution is -0.189. The minimum atomic E-state index is -2.16. The van der Waals surface area contributed by atoms with Crippen LogP contribution in [0.3, 0.4) is 0 Å². The Morgan fingerprint density at radius 3 is 2.55 bits per heavy atom. The van der Waals surface area contributed by atoms with Gasteiger partial charge < -0.3 is 20.1 Å². The van der Waals surface area contributed by atoms with Crippen molar-refractivity contribution in [2.24, 2.45) is 22.7 Å². The monoisotopic (exact) mass is 428 g/mol. The number of carbonyl (C=O) groups excluding carboxylic acids is 3. The van der Waals surface area contributed by atoms with Gasteiger partial charge in [-0.1, -0.05) is 25.5 Å². The second kappa shape index (κ2) is 6.86. The van der Waals surface area contributed by atoms with Crippen molar-refractivity contribution in [1.29, 1.82) is 0 Å². The maximum atomic E-state index is 13.0. The molecule has 31 heavy (non-hydrogen) atoms. The third kappa shape index (κ3) is 2.67. The Labute approximate surface area is 182 Å². The SMILES string of the molecule is [B][C@]12C(CCC3=CC(=O)C=CC31C)C1C[C@@H](O)[C@](O)(C(=O)COC(C)=O)C1(C)C[C@@H]2O. The first kappa shape index (κ1) is 22.4. The molecule has 4 aliphatic carbocycles. The van der Waals surface area contributed by atoms with Crippen molar-refractivity contribution >= 4 is 25.4 Å². The molecule has 3 saturated carbocycles. The molecule has 2 radical (unpaired) electrons. The van der Waals surface area contributed by atoms with E-state index in [4.69, 9.17) is 12.6 Å². The number of rotatable bonds is 3. The summed E-state index contributed by atoms with van der Waals surface area (Å²) < 4.78 is 4.81. The Morgan fingerprint density at radius 2 is 1.90 bits per heavy atom. The maximum absolute atomic E-state index is 13.0. The van der Waals surface area contributed by atoms with Crippen LogP contribution in [-0.2, 0) is 19.1 Å². The molecule has 0 bridgehead atoms. The van der Waals surface area contributed by atoms with Crippen LogP contribution in [0.5, 0.6) is 0 Å². The summed E-state index contributed by atoms with van der Waals surface area (Å²) in [6.07, 6.45) is 3.69. The Bertz CT molecular complexity index is 912. The third-order valence-corrected chi connectivity index (χ3v) is 8.94. The van der Waals surface area contributed by atoms with Gasteiger partial charge in [-0.05, 0) is 55.0 Å². The molecule has 3 fully saturated rings. The van der Waals surface area contributed by atoms with Crippen LogP contribution in [0.25, 0.3) is 0 Å². The molecule has 8 heteroatoms. The van der Waals surface area contributed by atoms with Gasteiger partial charge in [0.25, 0.3) is 0 Å². The van der Waals surface area contributed by atoms with Gasteiger partial charge in [-0.25, -0.2) is 0 Å². The fourth-order valence-electron chi connectivity index (χ4n) is 7.14. The van der Waals surface area contributed by atoms with Crippen molar-refractivity contribution in [3.63, 3.8) is 0 Å². The number of hydrogen-bond acceptors (Lipinski definition) is 7. The third-order valence-electron chi connectivity index (χ3n) is 8.94. The van der Waals surface area contributed by atoms with Crippen LogP contribution in [-0.4, -0.2) is 65.1 Å². The summed E-state index contributed by atoms with van der Waals surface area (Å²) in [5.41, 5.74) is -3.19. The highest BCUT2D eigenvalue weighted by atomic mass is 16.5. The van der Waals surface area contributed by atoms with Gasteiger partial charge in [0.05, 0.1) is 20.1 Å². The molecular formula is C23H29BO7. The largest absolute Gasteiger partial charge is 0.458 e. The Kier molecular flexibility index (Phi) is 4.97. The first-order valence-electron chi connectivity index (χ1n) is 10.8. The van der Waals surface area contributed by atoms with Crippen molar-refractivity contribution in [2.75, 3.05) is 6.61 Å². The summed E-state index contributed by atoms with van der Waals surface area (Å²) in [7, 11) is 6.99. The van der Waals surface area contributed by atoms with Crippen molar-refractivity contribution in [3.05, 3.63) is 23.8 Å². The van der Waals surface area contributed by atoms with E-state index in [0.717, 1.165) is 12.5 Å². The van der Waals surface area contributed by atoms with E-state index in [2.05, 4.69) is 0 Å². The molecule has 4 rings (SSSR count). The summed E-state index contributed by atoms with van der Waals surface area (Å²) in [5, 5.41) is 32.7. The highest BCUT2D eigenvalue weighted by Gasteiger charge is 2.74. The van der Waals surface area contributed by atoms with Gasteiger partial charge >= 0.3 is 5.97 Å². The Balaban J connectivity index is 1.76. The van der Waals surface area contributed by atoms with Gasteiger partial charge in [-0.15, -0.1) is 0 Å². The molecular weight excluding hydrogens is 399 g/mol. The number of carbonyl (C=O) groups is 3. The van der Waals surface area contributed by atoms with E-state index in [1.165, 1.54) is 6.08 Å². The van der Waals surface area contributed by atoms with Crippen molar-refractivity contribution in [3.8, 4) is 0 Å². The van der Waals surface area contributed by atoms with E-state index in [1.807, 2.05) is 6.92 Å². The summed E-state index contributed by atoms with van der Waals surface area (Å²) in [5.74, 6) is -2.18. The minimum Gasteiger partial charge on any atom is -0.458 e. The molecule has 7 nitrogen and oxygen atoms in total. The standard InChI is InChI=1S/C23H29BO7/c1-12(25)31-11-19(29)23(30)17(27)9-16-15-5-4-13-8-14(26)6-7-20(13,2)22(15,24)18(28)10-21(16,23)3/h6-8,15-18,27-28,30H,4-5,9-11H2,1-3H3/t15?,16?,17-,18+,20?,21?,22+,23+/m1/s1. The quantitative estimate of drug-likeness (QED) is 0.449. The zero-order valence-electron chi connectivity index (χ0n) is 18.1. The van der Waals surface area contributed by atoms with Gasteiger partial charge in [-0.3, -0.25) is 14.4 Å². The predicted molar refractivity (Wildman–Crippen MR) is 111 cm³/mol. The van der Waals surface area contributed by atoms with Crippen molar-refractivity contribution < 1.29 is 34.4 Å². The topological polar surface area (TPSA) is 121 Å². The average Bonchev–Trinajstić information content (AvgIpc) is 2.89. The van der Waals surface area contributed by atoms with E-state index in [0.29, 0.717) is 12.8 Å². The number of aliphatic hydroxyl groups is 3. The smallest absolute Gasteiger partial charge is 0.303 e. The summed E-state index contributed by atoms with van der Waals surface area (Å²) >= 11 is 0. The number of esters is 1. The zero-order chi connectivity index (χ0) is 23.0. The second-order valence-corrected chi connectivity index (χ2v) is 10.2. The van der Waals surface area contributed by atoms with E-state index in [1.54, 1.807) is 19.1 Å². The van der Waals surface area contributed by atoms with Crippen LogP contribution in [0.2, 0.25) is 5.31 Å². The first-order valence-corrected chi connectivity index (χ1v) is 10.8. The molecule has 0 aromatic carbocycles. The molecule has 8 atom stereocenters. The lowest BCUT2D eigenvalue weighted by Crippen LogP contribution is -2.65. The van der Waals surface area contributed by atoms with Crippen molar-refractivity contribution in [1.82, 2.24) is 0 Å². The van der Waals surface area contributed by atoms with Gasteiger partial charge in [0, 0.05) is 17.8 Å². The number of Topliss-reactive ketones (excluding diaryl/α,β-unsaturated/α-hetero) is 1. The molecule has 166 valence electrons. The minimum absolute atomic E-state index is 0.00526. The molecule has 4 aliphatic rings. The zero-order valence-corrected chi connectivity index (χ0v) is 18.1. The number of aliphatic hydroxyl groups excluding tert-OH is 2. The molecule has 0 spiro atoms.